The summed E-state index contributed by atoms with van der Waals surface area (Å²) in [6, 6.07) is 14.7. The summed E-state index contributed by atoms with van der Waals surface area (Å²) in [7, 11) is 0. The highest BCUT2D eigenvalue weighted by molar-refractivity contribution is 5.96. The van der Waals surface area contributed by atoms with Crippen molar-refractivity contribution in [3.63, 3.8) is 0 Å². The summed E-state index contributed by atoms with van der Waals surface area (Å²) < 4.78 is 16.5. The molecule has 1 heterocycles. The van der Waals surface area contributed by atoms with Crippen molar-refractivity contribution in [1.82, 2.24) is 0 Å². The molecule has 3 atom stereocenters. The number of para-hydroxylation sites is 3. The summed E-state index contributed by atoms with van der Waals surface area (Å²) in [5.74, 6) is 0.352. The van der Waals surface area contributed by atoms with Crippen LogP contribution in [0, 0.1) is 0 Å². The third-order valence-electron chi connectivity index (χ3n) is 4.80. The number of amides is 1. The van der Waals surface area contributed by atoms with Crippen LogP contribution < -0.4 is 14.8 Å². The molecule has 6 nitrogen and oxygen atoms in total. The van der Waals surface area contributed by atoms with Gasteiger partial charge in [-0.2, -0.15) is 0 Å². The molecular weight excluding hydrogens is 358 g/mol. The fourth-order valence-corrected chi connectivity index (χ4v) is 2.93. The van der Waals surface area contributed by atoms with Gasteiger partial charge in [-0.1, -0.05) is 44.2 Å². The Hall–Kier alpha value is -3.02. The van der Waals surface area contributed by atoms with Crippen molar-refractivity contribution in [3.8, 4) is 11.5 Å². The van der Waals surface area contributed by atoms with Crippen molar-refractivity contribution < 1.29 is 23.8 Å². The lowest BCUT2D eigenvalue weighted by Crippen LogP contribution is -2.41. The first-order valence-electron chi connectivity index (χ1n) is 9.48. The molecule has 0 bridgehead atoms. The standard InChI is InChI=1S/C22H25NO5/c1-4-14(2)16-9-5-6-10-17(16)23-21(24)15(3)27-22(25)20-13-26-18-11-7-8-12-19(18)28-20/h5-12,14-15,20H,4,13H2,1-3H3,(H,23,24)/t14-,15-,20-/m0/s1. The summed E-state index contributed by atoms with van der Waals surface area (Å²) in [5, 5.41) is 2.86. The fraction of sp³-hybridized carbons (Fsp3) is 0.364. The van der Waals surface area contributed by atoms with Crippen LogP contribution in [0.3, 0.4) is 0 Å². The largest absolute Gasteiger partial charge is 0.485 e. The number of rotatable bonds is 6. The molecule has 0 radical (unpaired) electrons. The quantitative estimate of drug-likeness (QED) is 0.766. The molecule has 0 unspecified atom stereocenters. The van der Waals surface area contributed by atoms with E-state index in [0.29, 0.717) is 17.4 Å². The molecule has 2 aromatic rings. The van der Waals surface area contributed by atoms with Crippen molar-refractivity contribution in [3.05, 3.63) is 54.1 Å². The molecule has 1 aliphatic rings. The molecule has 148 valence electrons. The number of hydrogen-bond acceptors (Lipinski definition) is 5. The van der Waals surface area contributed by atoms with E-state index in [4.69, 9.17) is 14.2 Å². The monoisotopic (exact) mass is 383 g/mol. The normalized spacial score (nSPS) is 17.3. The summed E-state index contributed by atoms with van der Waals surface area (Å²) in [4.78, 5) is 24.9. The van der Waals surface area contributed by atoms with Gasteiger partial charge in [-0.15, -0.1) is 0 Å². The maximum absolute atomic E-state index is 12.5. The number of anilines is 1. The second-order valence-electron chi connectivity index (χ2n) is 6.83. The third-order valence-corrected chi connectivity index (χ3v) is 4.80. The van der Waals surface area contributed by atoms with E-state index in [1.165, 1.54) is 6.92 Å². The number of fused-ring (bicyclic) bond motifs is 1. The highest BCUT2D eigenvalue weighted by Crippen LogP contribution is 2.31. The minimum absolute atomic E-state index is 0.0427. The number of carbonyl (C=O) groups excluding carboxylic acids is 2. The van der Waals surface area contributed by atoms with E-state index in [2.05, 4.69) is 19.2 Å². The average molecular weight is 383 g/mol. The predicted octanol–water partition coefficient (Wildman–Crippen LogP) is 3.91. The predicted molar refractivity (Wildman–Crippen MR) is 106 cm³/mol. The fourth-order valence-electron chi connectivity index (χ4n) is 2.93. The molecule has 0 fully saturated rings. The maximum Gasteiger partial charge on any atom is 0.351 e. The van der Waals surface area contributed by atoms with Crippen LogP contribution in [0.1, 0.15) is 38.7 Å². The van der Waals surface area contributed by atoms with Crippen molar-refractivity contribution in [2.45, 2.75) is 45.3 Å². The molecule has 1 aliphatic heterocycles. The highest BCUT2D eigenvalue weighted by Gasteiger charge is 2.31. The molecule has 1 amide bonds. The van der Waals surface area contributed by atoms with Gasteiger partial charge in [0, 0.05) is 5.69 Å². The Morgan fingerprint density at radius 2 is 1.79 bits per heavy atom. The van der Waals surface area contributed by atoms with E-state index in [0.717, 1.165) is 17.7 Å². The molecule has 2 aromatic carbocycles. The number of benzene rings is 2. The van der Waals surface area contributed by atoms with Gasteiger partial charge < -0.3 is 19.5 Å². The molecular formula is C22H25NO5. The van der Waals surface area contributed by atoms with E-state index in [1.807, 2.05) is 30.3 Å². The lowest BCUT2D eigenvalue weighted by atomic mass is 9.97. The van der Waals surface area contributed by atoms with Gasteiger partial charge in [0.2, 0.25) is 6.10 Å². The van der Waals surface area contributed by atoms with Crippen molar-refractivity contribution in [1.29, 1.82) is 0 Å². The lowest BCUT2D eigenvalue weighted by molar-refractivity contribution is -0.162. The Labute approximate surface area is 164 Å². The van der Waals surface area contributed by atoms with Crippen LogP contribution in [0.25, 0.3) is 0 Å². The molecule has 0 aromatic heterocycles. The Balaban J connectivity index is 1.60. The molecule has 1 N–H and O–H groups in total. The van der Waals surface area contributed by atoms with Gasteiger partial charge in [0.25, 0.3) is 5.91 Å². The van der Waals surface area contributed by atoms with E-state index in [1.54, 1.807) is 18.2 Å². The second kappa shape index (κ2) is 8.78. The van der Waals surface area contributed by atoms with Gasteiger partial charge in [-0.25, -0.2) is 4.79 Å². The van der Waals surface area contributed by atoms with Crippen LogP contribution in [-0.4, -0.2) is 30.7 Å². The first-order valence-corrected chi connectivity index (χ1v) is 9.48. The van der Waals surface area contributed by atoms with E-state index < -0.39 is 18.2 Å². The van der Waals surface area contributed by atoms with E-state index >= 15 is 0 Å². The van der Waals surface area contributed by atoms with E-state index in [-0.39, 0.29) is 12.5 Å². The van der Waals surface area contributed by atoms with Crippen LogP contribution in [-0.2, 0) is 14.3 Å². The number of nitrogens with one attached hydrogen (secondary N) is 1. The SMILES string of the molecule is CC[C@H](C)c1ccccc1NC(=O)[C@H](C)OC(=O)[C@@H]1COc2ccccc2O1. The molecule has 0 aliphatic carbocycles. The zero-order valence-corrected chi connectivity index (χ0v) is 16.3. The summed E-state index contributed by atoms with van der Waals surface area (Å²) in [5.41, 5.74) is 1.79. The summed E-state index contributed by atoms with van der Waals surface area (Å²) in [6.07, 6.45) is -0.909. The Morgan fingerprint density at radius 1 is 1.11 bits per heavy atom. The van der Waals surface area contributed by atoms with Gasteiger partial charge in [0.1, 0.15) is 6.61 Å². The van der Waals surface area contributed by atoms with Crippen LogP contribution in [0.2, 0.25) is 0 Å². The van der Waals surface area contributed by atoms with Crippen molar-refractivity contribution >= 4 is 17.6 Å². The summed E-state index contributed by atoms with van der Waals surface area (Å²) in [6.45, 7) is 5.78. The second-order valence-corrected chi connectivity index (χ2v) is 6.83. The number of hydrogen-bond donors (Lipinski definition) is 1. The van der Waals surface area contributed by atoms with Crippen LogP contribution in [0.4, 0.5) is 5.69 Å². The Morgan fingerprint density at radius 3 is 2.54 bits per heavy atom. The first kappa shape index (κ1) is 19.7. The van der Waals surface area contributed by atoms with Gasteiger partial charge in [0.15, 0.2) is 17.6 Å². The smallest absolute Gasteiger partial charge is 0.351 e. The minimum atomic E-state index is -0.960. The number of carbonyl (C=O) groups is 2. The molecule has 0 spiro atoms. The lowest BCUT2D eigenvalue weighted by Gasteiger charge is -2.26. The molecule has 6 heteroatoms. The summed E-state index contributed by atoms with van der Waals surface area (Å²) >= 11 is 0. The maximum atomic E-state index is 12.5. The highest BCUT2D eigenvalue weighted by atomic mass is 16.6. The third kappa shape index (κ3) is 4.44. The Kier molecular flexibility index (Phi) is 6.19. The molecule has 0 saturated heterocycles. The molecule has 0 saturated carbocycles. The average Bonchev–Trinajstić information content (AvgIpc) is 2.73. The van der Waals surface area contributed by atoms with Gasteiger partial charge in [-0.05, 0) is 43.0 Å². The first-order chi connectivity index (χ1) is 13.5. The topological polar surface area (TPSA) is 73.9 Å². The van der Waals surface area contributed by atoms with Crippen molar-refractivity contribution in [2.24, 2.45) is 0 Å². The van der Waals surface area contributed by atoms with Gasteiger partial charge in [0.05, 0.1) is 0 Å². The van der Waals surface area contributed by atoms with Crippen LogP contribution >= 0.6 is 0 Å². The van der Waals surface area contributed by atoms with E-state index in [9.17, 15) is 9.59 Å². The van der Waals surface area contributed by atoms with Gasteiger partial charge >= 0.3 is 5.97 Å². The zero-order valence-electron chi connectivity index (χ0n) is 16.3. The minimum Gasteiger partial charge on any atom is -0.485 e. The van der Waals surface area contributed by atoms with Crippen LogP contribution in [0.15, 0.2) is 48.5 Å². The zero-order chi connectivity index (χ0) is 20.1. The number of esters is 1. The van der Waals surface area contributed by atoms with Crippen LogP contribution in [0.5, 0.6) is 11.5 Å². The Bertz CT molecular complexity index is 850. The molecule has 3 rings (SSSR count). The van der Waals surface area contributed by atoms with Gasteiger partial charge in [-0.3, -0.25) is 4.79 Å². The number of ether oxygens (including phenoxy) is 3. The van der Waals surface area contributed by atoms with Crippen molar-refractivity contribution in [2.75, 3.05) is 11.9 Å². The molecule has 28 heavy (non-hydrogen) atoms.